The minimum absolute atomic E-state index is 0.265. The first-order valence-electron chi connectivity index (χ1n) is 4.66. The molecule has 2 rings (SSSR count). The number of aliphatic hydroxyl groups excluding tert-OH is 2. The van der Waals surface area contributed by atoms with E-state index in [4.69, 9.17) is 9.84 Å². The Bertz CT molecular complexity index is 287. The van der Waals surface area contributed by atoms with E-state index in [1.807, 2.05) is 0 Å². The molecule has 0 radical (unpaired) electrons. The van der Waals surface area contributed by atoms with Crippen LogP contribution in [0.25, 0.3) is 0 Å². The molecule has 14 heavy (non-hydrogen) atoms. The van der Waals surface area contributed by atoms with Crippen LogP contribution in [0.2, 0.25) is 0 Å². The molecule has 2 aliphatic carbocycles. The van der Waals surface area contributed by atoms with Gasteiger partial charge in [-0.2, -0.15) is 0 Å². The molecule has 0 amide bonds. The number of carbonyl (C=O) groups is 2. The van der Waals surface area contributed by atoms with Crippen molar-refractivity contribution in [3.63, 3.8) is 0 Å². The Labute approximate surface area is 80.7 Å². The summed E-state index contributed by atoms with van der Waals surface area (Å²) in [6.45, 7) is 1.95. The predicted molar refractivity (Wildman–Crippen MR) is 44.1 cm³/mol. The van der Waals surface area contributed by atoms with E-state index in [1.165, 1.54) is 0 Å². The molecule has 5 atom stereocenters. The van der Waals surface area contributed by atoms with Gasteiger partial charge in [0.25, 0.3) is 0 Å². The maximum atomic E-state index is 11.3. The Morgan fingerprint density at radius 1 is 1.50 bits per heavy atom. The van der Waals surface area contributed by atoms with Gasteiger partial charge in [0.05, 0.1) is 18.6 Å². The van der Waals surface area contributed by atoms with Crippen molar-refractivity contribution >= 4 is 11.8 Å². The molecule has 5 heteroatoms. The number of ether oxygens (including phenoxy) is 1. The van der Waals surface area contributed by atoms with Gasteiger partial charge in [0.15, 0.2) is 5.78 Å². The van der Waals surface area contributed by atoms with E-state index in [-0.39, 0.29) is 6.61 Å². The van der Waals surface area contributed by atoms with Crippen LogP contribution >= 0.6 is 0 Å². The maximum absolute atomic E-state index is 11.3. The second-order valence-electron chi connectivity index (χ2n) is 3.72. The van der Waals surface area contributed by atoms with E-state index in [9.17, 15) is 14.7 Å². The summed E-state index contributed by atoms with van der Waals surface area (Å²) in [6, 6.07) is 0. The largest absolute Gasteiger partial charge is 0.466 e. The summed E-state index contributed by atoms with van der Waals surface area (Å²) in [6.07, 6.45) is -2.41. The number of aliphatic hydroxyl groups is 2. The molecular weight excluding hydrogens is 188 g/mol. The molecule has 2 fully saturated rings. The van der Waals surface area contributed by atoms with Crippen LogP contribution in [0.15, 0.2) is 0 Å². The van der Waals surface area contributed by atoms with Crippen molar-refractivity contribution in [1.29, 1.82) is 0 Å². The fraction of sp³-hybridized carbons (Fsp3) is 0.778. The molecule has 2 N–H and O–H groups in total. The molecule has 0 saturated heterocycles. The SMILES string of the molecule is CCOC(=O)[C@@H]1[C@H]2C(=O)[C@H](O)[C@H](O)[C@@H]12. The number of esters is 1. The van der Waals surface area contributed by atoms with Gasteiger partial charge < -0.3 is 14.9 Å². The number of hydrogen-bond donors (Lipinski definition) is 2. The van der Waals surface area contributed by atoms with Gasteiger partial charge in [0.1, 0.15) is 6.10 Å². The van der Waals surface area contributed by atoms with Crippen LogP contribution in [0, 0.1) is 17.8 Å². The summed E-state index contributed by atoms with van der Waals surface area (Å²) in [5.74, 6) is -2.33. The van der Waals surface area contributed by atoms with Crippen molar-refractivity contribution in [3.05, 3.63) is 0 Å². The van der Waals surface area contributed by atoms with Crippen molar-refractivity contribution in [1.82, 2.24) is 0 Å². The fourth-order valence-corrected chi connectivity index (χ4v) is 2.24. The molecule has 0 aromatic heterocycles. The van der Waals surface area contributed by atoms with Crippen LogP contribution in [0.1, 0.15) is 6.92 Å². The Morgan fingerprint density at radius 2 is 2.14 bits per heavy atom. The highest BCUT2D eigenvalue weighted by molar-refractivity contribution is 5.98. The molecule has 78 valence electrons. The second kappa shape index (κ2) is 3.03. The van der Waals surface area contributed by atoms with Gasteiger partial charge in [0.2, 0.25) is 0 Å². The highest BCUT2D eigenvalue weighted by atomic mass is 16.5. The Balaban J connectivity index is 2.04. The number of hydrogen-bond acceptors (Lipinski definition) is 5. The van der Waals surface area contributed by atoms with Gasteiger partial charge in [-0.05, 0) is 6.92 Å². The molecule has 0 aromatic rings. The highest BCUT2D eigenvalue weighted by Crippen LogP contribution is 2.55. The van der Waals surface area contributed by atoms with Gasteiger partial charge in [-0.25, -0.2) is 0 Å². The van der Waals surface area contributed by atoms with Crippen LogP contribution in [0.5, 0.6) is 0 Å². The van der Waals surface area contributed by atoms with Crippen molar-refractivity contribution in [3.8, 4) is 0 Å². The van der Waals surface area contributed by atoms with Gasteiger partial charge in [-0.15, -0.1) is 0 Å². The highest BCUT2D eigenvalue weighted by Gasteiger charge is 2.70. The maximum Gasteiger partial charge on any atom is 0.310 e. The summed E-state index contributed by atoms with van der Waals surface area (Å²) in [5.41, 5.74) is 0. The molecule has 0 bridgehead atoms. The van der Waals surface area contributed by atoms with Crippen molar-refractivity contribution < 1.29 is 24.5 Å². The first kappa shape index (κ1) is 9.61. The average Bonchev–Trinajstić information content (AvgIpc) is 2.84. The number of carbonyl (C=O) groups excluding carboxylic acids is 2. The van der Waals surface area contributed by atoms with Crippen molar-refractivity contribution in [2.75, 3.05) is 6.61 Å². The van der Waals surface area contributed by atoms with Crippen LogP contribution < -0.4 is 0 Å². The summed E-state index contributed by atoms with van der Waals surface area (Å²) < 4.78 is 4.75. The number of rotatable bonds is 2. The van der Waals surface area contributed by atoms with E-state index in [1.54, 1.807) is 6.92 Å². The van der Waals surface area contributed by atoms with Gasteiger partial charge >= 0.3 is 5.97 Å². The Hall–Kier alpha value is -0.940. The molecule has 5 nitrogen and oxygen atoms in total. The quantitative estimate of drug-likeness (QED) is 0.542. The zero-order chi connectivity index (χ0) is 10.5. The lowest BCUT2D eigenvalue weighted by Gasteiger charge is -2.12. The lowest BCUT2D eigenvalue weighted by atomic mass is 10.1. The second-order valence-corrected chi connectivity index (χ2v) is 3.72. The molecule has 2 aliphatic rings. The minimum Gasteiger partial charge on any atom is -0.466 e. The third kappa shape index (κ3) is 1.09. The van der Waals surface area contributed by atoms with E-state index >= 15 is 0 Å². The fourth-order valence-electron chi connectivity index (χ4n) is 2.24. The van der Waals surface area contributed by atoms with Crippen LogP contribution in [0.4, 0.5) is 0 Å². The average molecular weight is 200 g/mol. The molecule has 0 unspecified atom stereocenters. The van der Waals surface area contributed by atoms with Gasteiger partial charge in [-0.3, -0.25) is 9.59 Å². The summed E-state index contributed by atoms with van der Waals surface area (Å²) in [4.78, 5) is 22.5. The summed E-state index contributed by atoms with van der Waals surface area (Å²) >= 11 is 0. The third-order valence-corrected chi connectivity index (χ3v) is 2.97. The lowest BCUT2D eigenvalue weighted by Crippen LogP contribution is -2.33. The van der Waals surface area contributed by atoms with Crippen LogP contribution in [-0.2, 0) is 14.3 Å². The topological polar surface area (TPSA) is 83.8 Å². The summed E-state index contributed by atoms with van der Waals surface area (Å²) in [5, 5.41) is 18.5. The molecule has 0 spiro atoms. The number of Topliss-reactive ketones (excluding diaryl/α,β-unsaturated/α-hetero) is 1. The Kier molecular flexibility index (Phi) is 2.08. The van der Waals surface area contributed by atoms with E-state index in [0.717, 1.165) is 0 Å². The van der Waals surface area contributed by atoms with E-state index < -0.39 is 41.7 Å². The van der Waals surface area contributed by atoms with Crippen LogP contribution in [0.3, 0.4) is 0 Å². The first-order chi connectivity index (χ1) is 6.59. The van der Waals surface area contributed by atoms with Crippen molar-refractivity contribution in [2.24, 2.45) is 17.8 Å². The zero-order valence-corrected chi connectivity index (χ0v) is 7.71. The monoisotopic (exact) mass is 200 g/mol. The smallest absolute Gasteiger partial charge is 0.310 e. The predicted octanol–water partition coefficient (Wildman–Crippen LogP) is -1.28. The first-order valence-corrected chi connectivity index (χ1v) is 4.66. The molecule has 0 heterocycles. The molecule has 2 saturated carbocycles. The van der Waals surface area contributed by atoms with E-state index in [0.29, 0.717) is 0 Å². The summed E-state index contributed by atoms with van der Waals surface area (Å²) in [7, 11) is 0. The van der Waals surface area contributed by atoms with Crippen LogP contribution in [-0.4, -0.2) is 40.8 Å². The van der Waals surface area contributed by atoms with Gasteiger partial charge in [0, 0.05) is 11.8 Å². The number of ketones is 1. The minimum atomic E-state index is -1.31. The zero-order valence-electron chi connectivity index (χ0n) is 7.71. The standard InChI is InChI=1S/C9H12O5/c1-2-14-9(13)5-3-4(5)7(11)8(12)6(3)10/h3-6,8,10,12H,2H2,1H3/t3-,4+,5+,6-,8-/m1/s1. The third-order valence-electron chi connectivity index (χ3n) is 2.97. The van der Waals surface area contributed by atoms with Gasteiger partial charge in [-0.1, -0.05) is 0 Å². The normalized spacial score (nSPS) is 44.8. The lowest BCUT2D eigenvalue weighted by molar-refractivity contribution is -0.149. The molecular formula is C9H12O5. The van der Waals surface area contributed by atoms with E-state index in [2.05, 4.69) is 0 Å². The van der Waals surface area contributed by atoms with Crippen molar-refractivity contribution in [2.45, 2.75) is 19.1 Å². The Morgan fingerprint density at radius 3 is 2.57 bits per heavy atom. The molecule has 0 aromatic carbocycles. The number of fused-ring (bicyclic) bond motifs is 1. The molecule has 0 aliphatic heterocycles.